The van der Waals surface area contributed by atoms with Crippen molar-refractivity contribution in [2.24, 2.45) is 5.92 Å². The molecule has 0 aromatic heterocycles. The molecule has 2 atom stereocenters. The molecule has 1 N–H and O–H groups in total. The fourth-order valence-electron chi connectivity index (χ4n) is 2.62. The minimum atomic E-state index is -0.875. The Bertz CT molecular complexity index is 333. The maximum atomic E-state index is 12.6. The van der Waals surface area contributed by atoms with E-state index < -0.39 is 12.0 Å². The number of urea groups is 1. The number of aliphatic carboxylic acids is 1. The third kappa shape index (κ3) is 4.39. The van der Waals surface area contributed by atoms with E-state index >= 15 is 0 Å². The summed E-state index contributed by atoms with van der Waals surface area (Å²) in [4.78, 5) is 27.4. The van der Waals surface area contributed by atoms with Crippen LogP contribution in [0.4, 0.5) is 4.79 Å². The molecule has 5 heteroatoms. The number of carboxylic acid groups (broad SMARTS) is 1. The first kappa shape index (κ1) is 16.8. The number of carbonyl (C=O) groups excluding carboxylic acids is 1. The van der Waals surface area contributed by atoms with Crippen LogP contribution in [-0.4, -0.2) is 52.6 Å². The highest BCUT2D eigenvalue weighted by molar-refractivity contribution is 5.82. The number of hydrogen-bond acceptors (Lipinski definition) is 2. The van der Waals surface area contributed by atoms with E-state index in [1.165, 1.54) is 0 Å². The molecule has 2 unspecified atom stereocenters. The fraction of sp³-hybridized carbons (Fsp3) is 0.867. The van der Waals surface area contributed by atoms with E-state index in [9.17, 15) is 14.7 Å². The van der Waals surface area contributed by atoms with Gasteiger partial charge in [-0.25, -0.2) is 9.59 Å². The fourth-order valence-corrected chi connectivity index (χ4v) is 2.62. The van der Waals surface area contributed by atoms with Gasteiger partial charge in [0.2, 0.25) is 0 Å². The van der Waals surface area contributed by atoms with Crippen LogP contribution >= 0.6 is 0 Å². The van der Waals surface area contributed by atoms with Crippen molar-refractivity contribution in [2.45, 2.75) is 58.9 Å². The van der Waals surface area contributed by atoms with Crippen molar-refractivity contribution in [2.75, 3.05) is 19.6 Å². The molecule has 1 fully saturated rings. The van der Waals surface area contributed by atoms with Crippen molar-refractivity contribution in [3.05, 3.63) is 0 Å². The summed E-state index contributed by atoms with van der Waals surface area (Å²) in [5.41, 5.74) is 0. The molecule has 2 amide bonds. The Kier molecular flexibility index (Phi) is 6.82. The second kappa shape index (κ2) is 8.12. The van der Waals surface area contributed by atoms with Gasteiger partial charge in [0, 0.05) is 19.6 Å². The summed E-state index contributed by atoms with van der Waals surface area (Å²) in [6.07, 6.45) is 4.38. The minimum absolute atomic E-state index is 0.109. The molecular weight excluding hydrogens is 256 g/mol. The van der Waals surface area contributed by atoms with Gasteiger partial charge in [0.1, 0.15) is 6.04 Å². The quantitative estimate of drug-likeness (QED) is 0.844. The normalized spacial score (nSPS) is 21.1. The molecule has 116 valence electrons. The monoisotopic (exact) mass is 284 g/mol. The molecule has 1 aliphatic rings. The van der Waals surface area contributed by atoms with Crippen LogP contribution < -0.4 is 0 Å². The van der Waals surface area contributed by atoms with Crippen LogP contribution in [0.25, 0.3) is 0 Å². The van der Waals surface area contributed by atoms with Gasteiger partial charge < -0.3 is 14.9 Å². The smallest absolute Gasteiger partial charge is 0.326 e. The molecule has 0 aliphatic carbocycles. The van der Waals surface area contributed by atoms with Crippen LogP contribution in [0.5, 0.6) is 0 Å². The SMILES string of the molecule is CCC(C)CN(CC)C(=O)N1CCCCCC1C(=O)O. The molecule has 0 spiro atoms. The van der Waals surface area contributed by atoms with E-state index in [1.807, 2.05) is 6.92 Å². The second-order valence-electron chi connectivity index (χ2n) is 5.73. The average molecular weight is 284 g/mol. The Morgan fingerprint density at radius 1 is 1.30 bits per heavy atom. The van der Waals surface area contributed by atoms with Crippen LogP contribution in [0, 0.1) is 5.92 Å². The maximum Gasteiger partial charge on any atom is 0.326 e. The van der Waals surface area contributed by atoms with Gasteiger partial charge in [-0.3, -0.25) is 0 Å². The molecule has 0 saturated carbocycles. The molecular formula is C15H28N2O3. The molecule has 1 heterocycles. The maximum absolute atomic E-state index is 12.6. The largest absolute Gasteiger partial charge is 0.480 e. The van der Waals surface area contributed by atoms with Crippen molar-refractivity contribution in [3.8, 4) is 0 Å². The molecule has 0 bridgehead atoms. The van der Waals surface area contributed by atoms with Gasteiger partial charge in [0.25, 0.3) is 0 Å². The van der Waals surface area contributed by atoms with E-state index in [4.69, 9.17) is 0 Å². The Labute approximate surface area is 121 Å². The van der Waals surface area contributed by atoms with Crippen LogP contribution in [-0.2, 0) is 4.79 Å². The number of likely N-dealkylation sites (tertiary alicyclic amines) is 1. The van der Waals surface area contributed by atoms with Crippen molar-refractivity contribution in [3.63, 3.8) is 0 Å². The number of carbonyl (C=O) groups is 2. The molecule has 20 heavy (non-hydrogen) atoms. The predicted molar refractivity (Wildman–Crippen MR) is 78.7 cm³/mol. The number of carboxylic acids is 1. The Hall–Kier alpha value is -1.26. The van der Waals surface area contributed by atoms with E-state index in [2.05, 4.69) is 13.8 Å². The van der Waals surface area contributed by atoms with Gasteiger partial charge in [-0.05, 0) is 25.7 Å². The van der Waals surface area contributed by atoms with Gasteiger partial charge >= 0.3 is 12.0 Å². The second-order valence-corrected chi connectivity index (χ2v) is 5.73. The molecule has 1 saturated heterocycles. The van der Waals surface area contributed by atoms with E-state index in [0.29, 0.717) is 32.0 Å². The summed E-state index contributed by atoms with van der Waals surface area (Å²) in [6.45, 7) is 8.07. The molecule has 0 aromatic carbocycles. The van der Waals surface area contributed by atoms with Crippen LogP contribution in [0.15, 0.2) is 0 Å². The Morgan fingerprint density at radius 3 is 2.55 bits per heavy atom. The highest BCUT2D eigenvalue weighted by Crippen LogP contribution is 2.19. The first-order valence-electron chi connectivity index (χ1n) is 7.79. The summed E-state index contributed by atoms with van der Waals surface area (Å²) < 4.78 is 0. The van der Waals surface area contributed by atoms with Gasteiger partial charge in [-0.15, -0.1) is 0 Å². The van der Waals surface area contributed by atoms with Crippen LogP contribution in [0.1, 0.15) is 52.9 Å². The van der Waals surface area contributed by atoms with Gasteiger partial charge in [0.05, 0.1) is 0 Å². The topological polar surface area (TPSA) is 60.9 Å². The number of rotatable bonds is 5. The zero-order valence-electron chi connectivity index (χ0n) is 13.0. The van der Waals surface area contributed by atoms with Crippen LogP contribution in [0.3, 0.4) is 0 Å². The molecule has 5 nitrogen and oxygen atoms in total. The summed E-state index contributed by atoms with van der Waals surface area (Å²) in [7, 11) is 0. The summed E-state index contributed by atoms with van der Waals surface area (Å²) in [5, 5.41) is 9.35. The lowest BCUT2D eigenvalue weighted by atomic mass is 10.1. The zero-order chi connectivity index (χ0) is 15.1. The zero-order valence-corrected chi connectivity index (χ0v) is 13.0. The average Bonchev–Trinajstić information content (AvgIpc) is 2.69. The number of hydrogen-bond donors (Lipinski definition) is 1. The van der Waals surface area contributed by atoms with E-state index in [0.717, 1.165) is 25.7 Å². The first-order chi connectivity index (χ1) is 9.51. The summed E-state index contributed by atoms with van der Waals surface area (Å²) in [6, 6.07) is -0.766. The number of amides is 2. The van der Waals surface area contributed by atoms with Crippen molar-refractivity contribution in [1.29, 1.82) is 0 Å². The van der Waals surface area contributed by atoms with Crippen LogP contribution in [0.2, 0.25) is 0 Å². The third-order valence-electron chi connectivity index (χ3n) is 4.16. The number of nitrogens with zero attached hydrogens (tertiary/aromatic N) is 2. The summed E-state index contributed by atoms with van der Waals surface area (Å²) >= 11 is 0. The lowest BCUT2D eigenvalue weighted by molar-refractivity contribution is -0.142. The van der Waals surface area contributed by atoms with E-state index in [1.54, 1.807) is 9.80 Å². The Morgan fingerprint density at radius 2 is 2.00 bits per heavy atom. The predicted octanol–water partition coefficient (Wildman–Crippen LogP) is 2.80. The van der Waals surface area contributed by atoms with Gasteiger partial charge in [-0.1, -0.05) is 33.1 Å². The minimum Gasteiger partial charge on any atom is -0.480 e. The highest BCUT2D eigenvalue weighted by atomic mass is 16.4. The molecule has 1 rings (SSSR count). The summed E-state index contributed by atoms with van der Waals surface area (Å²) in [5.74, 6) is -0.436. The Balaban J connectivity index is 2.80. The van der Waals surface area contributed by atoms with Crippen molar-refractivity contribution < 1.29 is 14.7 Å². The first-order valence-corrected chi connectivity index (χ1v) is 7.79. The van der Waals surface area contributed by atoms with E-state index in [-0.39, 0.29) is 6.03 Å². The van der Waals surface area contributed by atoms with Gasteiger partial charge in [-0.2, -0.15) is 0 Å². The third-order valence-corrected chi connectivity index (χ3v) is 4.16. The lowest BCUT2D eigenvalue weighted by Crippen LogP contribution is -2.51. The molecule has 0 radical (unpaired) electrons. The lowest BCUT2D eigenvalue weighted by Gasteiger charge is -2.33. The molecule has 1 aliphatic heterocycles. The highest BCUT2D eigenvalue weighted by Gasteiger charge is 2.33. The van der Waals surface area contributed by atoms with Crippen molar-refractivity contribution >= 4 is 12.0 Å². The van der Waals surface area contributed by atoms with Gasteiger partial charge in [0.15, 0.2) is 0 Å². The van der Waals surface area contributed by atoms with Crippen molar-refractivity contribution in [1.82, 2.24) is 9.80 Å². The standard InChI is InChI=1S/C15H28N2O3/c1-4-12(3)11-16(5-2)15(20)17-10-8-6-7-9-13(17)14(18)19/h12-13H,4-11H2,1-3H3,(H,18,19). The molecule has 0 aromatic rings.